The maximum atomic E-state index is 12.2. The van der Waals surface area contributed by atoms with E-state index in [9.17, 15) is 4.79 Å². The fraction of sp³-hybridized carbons (Fsp3) is 0.643. The van der Waals surface area contributed by atoms with E-state index in [2.05, 4.69) is 19.1 Å². The summed E-state index contributed by atoms with van der Waals surface area (Å²) in [5, 5.41) is 0. The summed E-state index contributed by atoms with van der Waals surface area (Å²) >= 11 is 1.78. The first-order valence-electron chi connectivity index (χ1n) is 6.63. The molecule has 0 radical (unpaired) electrons. The van der Waals surface area contributed by atoms with Crippen LogP contribution in [-0.4, -0.2) is 30.1 Å². The molecule has 1 heterocycles. The molecule has 0 saturated heterocycles. The molecule has 0 atom stereocenters. The number of ether oxygens (including phenoxy) is 1. The zero-order valence-electron chi connectivity index (χ0n) is 11.1. The number of aryl methyl sites for hydroxylation is 1. The van der Waals surface area contributed by atoms with Gasteiger partial charge in [0.15, 0.2) is 0 Å². The van der Waals surface area contributed by atoms with Crippen molar-refractivity contribution in [2.24, 2.45) is 0 Å². The van der Waals surface area contributed by atoms with Gasteiger partial charge < -0.3 is 9.64 Å². The highest BCUT2D eigenvalue weighted by atomic mass is 32.1. The van der Waals surface area contributed by atoms with Gasteiger partial charge in [-0.05, 0) is 38.8 Å². The smallest absolute Gasteiger partial charge is 0.225 e. The summed E-state index contributed by atoms with van der Waals surface area (Å²) in [4.78, 5) is 16.8. The highest BCUT2D eigenvalue weighted by Gasteiger charge is 2.32. The van der Waals surface area contributed by atoms with Crippen LogP contribution < -0.4 is 0 Å². The molecule has 1 aliphatic rings. The Morgan fingerprint density at radius 2 is 2.28 bits per heavy atom. The van der Waals surface area contributed by atoms with Gasteiger partial charge in [-0.15, -0.1) is 11.3 Å². The van der Waals surface area contributed by atoms with Crippen LogP contribution in [0.3, 0.4) is 0 Å². The number of thiophene rings is 1. The van der Waals surface area contributed by atoms with Gasteiger partial charge in [0, 0.05) is 22.4 Å². The quantitative estimate of drug-likeness (QED) is 0.711. The molecular formula is C14H21NO2S. The number of rotatable bonds is 7. The fourth-order valence-electron chi connectivity index (χ4n) is 1.99. The molecule has 3 nitrogen and oxygen atoms in total. The molecule has 1 saturated carbocycles. The monoisotopic (exact) mass is 267 g/mol. The van der Waals surface area contributed by atoms with Gasteiger partial charge in [0.1, 0.15) is 0 Å². The van der Waals surface area contributed by atoms with Gasteiger partial charge in [-0.3, -0.25) is 4.79 Å². The van der Waals surface area contributed by atoms with E-state index in [1.165, 1.54) is 9.75 Å². The molecule has 100 valence electrons. The maximum absolute atomic E-state index is 12.2. The maximum Gasteiger partial charge on any atom is 0.225 e. The van der Waals surface area contributed by atoms with Crippen LogP contribution in [0.5, 0.6) is 0 Å². The Labute approximate surface area is 113 Å². The SMILES string of the molecule is CCOCCC(=O)N(Cc1ccc(C)s1)C1CC1. The zero-order chi connectivity index (χ0) is 13.0. The Balaban J connectivity index is 1.89. The number of carbonyl (C=O) groups excluding carboxylic acids is 1. The zero-order valence-corrected chi connectivity index (χ0v) is 12.0. The summed E-state index contributed by atoms with van der Waals surface area (Å²) in [7, 11) is 0. The minimum absolute atomic E-state index is 0.233. The van der Waals surface area contributed by atoms with Crippen LogP contribution >= 0.6 is 11.3 Å². The number of nitrogens with zero attached hydrogens (tertiary/aromatic N) is 1. The number of amides is 1. The lowest BCUT2D eigenvalue weighted by atomic mass is 10.3. The molecule has 18 heavy (non-hydrogen) atoms. The third kappa shape index (κ3) is 3.82. The molecule has 0 N–H and O–H groups in total. The van der Waals surface area contributed by atoms with E-state index in [0.717, 1.165) is 19.4 Å². The van der Waals surface area contributed by atoms with Crippen molar-refractivity contribution in [3.8, 4) is 0 Å². The van der Waals surface area contributed by atoms with E-state index in [4.69, 9.17) is 4.74 Å². The molecule has 2 rings (SSSR count). The van der Waals surface area contributed by atoms with Crippen molar-refractivity contribution in [2.75, 3.05) is 13.2 Å². The second-order valence-electron chi connectivity index (χ2n) is 4.71. The van der Waals surface area contributed by atoms with Crippen LogP contribution in [0.4, 0.5) is 0 Å². The molecule has 4 heteroatoms. The molecule has 1 aliphatic carbocycles. The Hall–Kier alpha value is -0.870. The minimum Gasteiger partial charge on any atom is -0.381 e. The summed E-state index contributed by atoms with van der Waals surface area (Å²) in [6.07, 6.45) is 2.82. The first-order valence-corrected chi connectivity index (χ1v) is 7.45. The topological polar surface area (TPSA) is 29.5 Å². The first-order chi connectivity index (χ1) is 8.70. The Bertz CT molecular complexity index is 398. The third-order valence-corrected chi connectivity index (χ3v) is 4.08. The van der Waals surface area contributed by atoms with Gasteiger partial charge in [-0.1, -0.05) is 0 Å². The van der Waals surface area contributed by atoms with Crippen LogP contribution in [0.2, 0.25) is 0 Å². The summed E-state index contributed by atoms with van der Waals surface area (Å²) in [5.41, 5.74) is 0. The van der Waals surface area contributed by atoms with Crippen molar-refractivity contribution in [3.63, 3.8) is 0 Å². The van der Waals surface area contributed by atoms with Crippen LogP contribution in [-0.2, 0) is 16.1 Å². The fourth-order valence-corrected chi connectivity index (χ4v) is 2.88. The van der Waals surface area contributed by atoms with Gasteiger partial charge in [0.25, 0.3) is 0 Å². The molecule has 0 aliphatic heterocycles. The molecule has 0 spiro atoms. The normalized spacial score (nSPS) is 14.8. The van der Waals surface area contributed by atoms with Crippen LogP contribution in [0, 0.1) is 6.92 Å². The third-order valence-electron chi connectivity index (χ3n) is 3.09. The van der Waals surface area contributed by atoms with Gasteiger partial charge in [0.05, 0.1) is 19.6 Å². The Morgan fingerprint density at radius 1 is 1.50 bits per heavy atom. The second kappa shape index (κ2) is 6.34. The van der Waals surface area contributed by atoms with Crippen LogP contribution in [0.1, 0.15) is 35.9 Å². The lowest BCUT2D eigenvalue weighted by molar-refractivity contribution is -0.133. The average Bonchev–Trinajstić information content (AvgIpc) is 3.10. The van der Waals surface area contributed by atoms with Gasteiger partial charge in [0.2, 0.25) is 5.91 Å². The standard InChI is InChI=1S/C14H21NO2S/c1-3-17-9-8-14(16)15(12-5-6-12)10-13-7-4-11(2)18-13/h4,7,12H,3,5-6,8-10H2,1-2H3. The Morgan fingerprint density at radius 3 is 2.83 bits per heavy atom. The highest BCUT2D eigenvalue weighted by Crippen LogP contribution is 2.30. The molecule has 1 fully saturated rings. The van der Waals surface area contributed by atoms with Crippen molar-refractivity contribution < 1.29 is 9.53 Å². The van der Waals surface area contributed by atoms with Crippen molar-refractivity contribution in [2.45, 2.75) is 45.7 Å². The minimum atomic E-state index is 0.233. The van der Waals surface area contributed by atoms with Gasteiger partial charge in [-0.25, -0.2) is 0 Å². The van der Waals surface area contributed by atoms with E-state index < -0.39 is 0 Å². The lowest BCUT2D eigenvalue weighted by Gasteiger charge is -2.21. The van der Waals surface area contributed by atoms with E-state index >= 15 is 0 Å². The summed E-state index contributed by atoms with van der Waals surface area (Å²) < 4.78 is 5.26. The summed E-state index contributed by atoms with van der Waals surface area (Å²) in [6, 6.07) is 4.72. The average molecular weight is 267 g/mol. The molecule has 0 unspecified atom stereocenters. The van der Waals surface area contributed by atoms with E-state index in [1.54, 1.807) is 11.3 Å². The number of hydrogen-bond donors (Lipinski definition) is 0. The largest absolute Gasteiger partial charge is 0.381 e. The lowest BCUT2D eigenvalue weighted by Crippen LogP contribution is -2.32. The second-order valence-corrected chi connectivity index (χ2v) is 6.08. The van der Waals surface area contributed by atoms with Crippen molar-refractivity contribution in [3.05, 3.63) is 21.9 Å². The molecule has 0 aromatic carbocycles. The van der Waals surface area contributed by atoms with E-state index in [-0.39, 0.29) is 5.91 Å². The van der Waals surface area contributed by atoms with Crippen molar-refractivity contribution in [1.29, 1.82) is 0 Å². The molecule has 1 aromatic rings. The van der Waals surface area contributed by atoms with Gasteiger partial charge >= 0.3 is 0 Å². The van der Waals surface area contributed by atoms with Gasteiger partial charge in [-0.2, -0.15) is 0 Å². The Kier molecular flexibility index (Phi) is 4.78. The van der Waals surface area contributed by atoms with E-state index in [1.807, 2.05) is 11.8 Å². The first kappa shape index (κ1) is 13.6. The molecule has 0 bridgehead atoms. The van der Waals surface area contributed by atoms with Crippen LogP contribution in [0.25, 0.3) is 0 Å². The molecule has 1 aromatic heterocycles. The molecular weight excluding hydrogens is 246 g/mol. The highest BCUT2D eigenvalue weighted by molar-refractivity contribution is 7.11. The van der Waals surface area contributed by atoms with Crippen LogP contribution in [0.15, 0.2) is 12.1 Å². The predicted octanol–water partition coefficient (Wildman–Crippen LogP) is 2.97. The predicted molar refractivity (Wildman–Crippen MR) is 73.7 cm³/mol. The summed E-state index contributed by atoms with van der Waals surface area (Å²) in [5.74, 6) is 0.233. The van der Waals surface area contributed by atoms with E-state index in [0.29, 0.717) is 25.7 Å². The number of carbonyl (C=O) groups is 1. The number of hydrogen-bond acceptors (Lipinski definition) is 3. The molecule has 1 amide bonds. The van der Waals surface area contributed by atoms with Crippen molar-refractivity contribution in [1.82, 2.24) is 4.90 Å². The van der Waals surface area contributed by atoms with Crippen molar-refractivity contribution >= 4 is 17.2 Å². The summed E-state index contributed by atoms with van der Waals surface area (Å²) in [6.45, 7) is 6.06.